The quantitative estimate of drug-likeness (QED) is 0.776. The topological polar surface area (TPSA) is 38.8 Å². The molecule has 2 aromatic rings. The maximum Gasteiger partial charge on any atom is 0.263 e. The van der Waals surface area contributed by atoms with Crippen molar-refractivity contribution < 1.29 is 14.3 Å². The summed E-state index contributed by atoms with van der Waals surface area (Å²) < 4.78 is 10.7. The number of amides is 1. The Hall–Kier alpha value is -2.01. The van der Waals surface area contributed by atoms with Crippen LogP contribution in [-0.2, 0) is 19.4 Å². The van der Waals surface area contributed by atoms with E-state index in [4.69, 9.17) is 9.47 Å². The average molecular weight is 374 g/mol. The van der Waals surface area contributed by atoms with Gasteiger partial charge in [-0.05, 0) is 67.0 Å². The average Bonchev–Trinajstić information content (AvgIpc) is 3.05. The number of methoxy groups -OCH3 is 2. The van der Waals surface area contributed by atoms with E-state index in [0.717, 1.165) is 28.8 Å². The molecule has 1 heterocycles. The number of aryl methyl sites for hydroxylation is 2. The highest BCUT2D eigenvalue weighted by Gasteiger charge is 2.22. The lowest BCUT2D eigenvalue weighted by Gasteiger charge is -2.19. The number of rotatable bonds is 5. The van der Waals surface area contributed by atoms with E-state index in [1.807, 2.05) is 26.1 Å². The zero-order chi connectivity index (χ0) is 18.8. The van der Waals surface area contributed by atoms with Crippen LogP contribution in [0.4, 0.5) is 0 Å². The highest BCUT2D eigenvalue weighted by molar-refractivity contribution is 7.14. The Bertz CT molecular complexity index is 812. The number of nitrogens with zero attached hydrogens (tertiary/aromatic N) is 1. The van der Waals surface area contributed by atoms with E-state index < -0.39 is 0 Å². The number of carbonyl (C=O) groups is 1. The summed E-state index contributed by atoms with van der Waals surface area (Å²) in [7, 11) is 5.12. The molecule has 1 aromatic carbocycles. The van der Waals surface area contributed by atoms with E-state index >= 15 is 0 Å². The minimum Gasteiger partial charge on any atom is -0.493 e. The lowest BCUT2D eigenvalue weighted by atomic mass is 9.90. The Balaban J connectivity index is 1.78. The first-order chi connectivity index (χ1) is 12.4. The molecule has 0 N–H and O–H groups in total. The fraction of sp³-hybridized carbons (Fsp3) is 0.476. The van der Waals surface area contributed by atoms with Crippen LogP contribution in [0.15, 0.2) is 18.2 Å². The summed E-state index contributed by atoms with van der Waals surface area (Å²) >= 11 is 1.67. The standard InChI is InChI=1S/C21H27NO3S/c1-13-6-7-19-15(8-13)11-20(26-19)21(23)22(3)12-16-10-18(25-5)17(24-4)9-14(16)2/h9-11,13H,6-8,12H2,1-5H3/t13-/m0/s1. The molecule has 140 valence electrons. The number of thiophene rings is 1. The van der Waals surface area contributed by atoms with Gasteiger partial charge in [0.2, 0.25) is 0 Å². The van der Waals surface area contributed by atoms with E-state index in [-0.39, 0.29) is 5.91 Å². The molecule has 26 heavy (non-hydrogen) atoms. The van der Waals surface area contributed by atoms with Gasteiger partial charge in [0, 0.05) is 18.5 Å². The minimum absolute atomic E-state index is 0.0891. The van der Waals surface area contributed by atoms with Crippen molar-refractivity contribution in [3.05, 3.63) is 44.6 Å². The van der Waals surface area contributed by atoms with Crippen LogP contribution in [-0.4, -0.2) is 32.1 Å². The molecule has 0 aliphatic heterocycles. The molecular weight excluding hydrogens is 346 g/mol. The Kier molecular flexibility index (Phi) is 5.56. The van der Waals surface area contributed by atoms with Gasteiger partial charge in [-0.2, -0.15) is 0 Å². The van der Waals surface area contributed by atoms with Crippen LogP contribution in [0.5, 0.6) is 11.5 Å². The van der Waals surface area contributed by atoms with Crippen LogP contribution < -0.4 is 9.47 Å². The second-order valence-corrected chi connectivity index (χ2v) is 8.34. The van der Waals surface area contributed by atoms with Gasteiger partial charge in [0.1, 0.15) is 0 Å². The molecule has 0 radical (unpaired) electrons. The number of hydrogen-bond acceptors (Lipinski definition) is 4. The first-order valence-electron chi connectivity index (χ1n) is 9.01. The zero-order valence-electron chi connectivity index (χ0n) is 16.2. The summed E-state index contributed by atoms with van der Waals surface area (Å²) in [5.74, 6) is 2.20. The van der Waals surface area contributed by atoms with E-state index in [0.29, 0.717) is 24.0 Å². The predicted molar refractivity (Wildman–Crippen MR) is 106 cm³/mol. The predicted octanol–water partition coefficient (Wildman–Crippen LogP) is 4.47. The highest BCUT2D eigenvalue weighted by atomic mass is 32.1. The van der Waals surface area contributed by atoms with Crippen molar-refractivity contribution in [2.75, 3.05) is 21.3 Å². The van der Waals surface area contributed by atoms with E-state index in [9.17, 15) is 4.79 Å². The second-order valence-electron chi connectivity index (χ2n) is 7.20. The van der Waals surface area contributed by atoms with Gasteiger partial charge >= 0.3 is 0 Å². The first-order valence-corrected chi connectivity index (χ1v) is 9.83. The van der Waals surface area contributed by atoms with Gasteiger partial charge in [-0.1, -0.05) is 6.92 Å². The largest absolute Gasteiger partial charge is 0.493 e. The van der Waals surface area contributed by atoms with Crippen molar-refractivity contribution >= 4 is 17.2 Å². The Morgan fingerprint density at radius 3 is 2.62 bits per heavy atom. The lowest BCUT2D eigenvalue weighted by molar-refractivity contribution is 0.0789. The molecule has 3 rings (SSSR count). The molecule has 4 nitrogen and oxygen atoms in total. The number of hydrogen-bond donors (Lipinski definition) is 0. The first kappa shape index (κ1) is 18.8. The van der Waals surface area contributed by atoms with E-state index in [2.05, 4.69) is 13.0 Å². The molecule has 0 saturated heterocycles. The number of ether oxygens (including phenoxy) is 2. The van der Waals surface area contributed by atoms with E-state index in [1.54, 1.807) is 30.5 Å². The van der Waals surface area contributed by atoms with Crippen molar-refractivity contribution in [3.63, 3.8) is 0 Å². The molecule has 1 aromatic heterocycles. The van der Waals surface area contributed by atoms with Gasteiger partial charge in [-0.15, -0.1) is 11.3 Å². The molecular formula is C21H27NO3S. The number of benzene rings is 1. The highest BCUT2D eigenvalue weighted by Crippen LogP contribution is 2.34. The van der Waals surface area contributed by atoms with Crippen LogP contribution in [0.3, 0.4) is 0 Å². The molecule has 0 spiro atoms. The lowest BCUT2D eigenvalue weighted by Crippen LogP contribution is -2.25. The van der Waals surface area contributed by atoms with Crippen LogP contribution >= 0.6 is 11.3 Å². The SMILES string of the molecule is COc1cc(C)c(CN(C)C(=O)c2cc3c(s2)CC[C@H](C)C3)cc1OC. The molecule has 0 fully saturated rings. The Labute approximate surface area is 159 Å². The monoisotopic (exact) mass is 373 g/mol. The van der Waals surface area contributed by atoms with Gasteiger partial charge in [-0.3, -0.25) is 4.79 Å². The Morgan fingerprint density at radius 2 is 1.92 bits per heavy atom. The van der Waals surface area contributed by atoms with Gasteiger partial charge in [0.15, 0.2) is 11.5 Å². The normalized spacial score (nSPS) is 16.1. The third-order valence-electron chi connectivity index (χ3n) is 5.14. The van der Waals surface area contributed by atoms with Crippen LogP contribution in [0, 0.1) is 12.8 Å². The van der Waals surface area contributed by atoms with Crippen molar-refractivity contribution in [3.8, 4) is 11.5 Å². The van der Waals surface area contributed by atoms with E-state index in [1.165, 1.54) is 16.9 Å². The third kappa shape index (κ3) is 3.73. The smallest absolute Gasteiger partial charge is 0.263 e. The van der Waals surface area contributed by atoms with Gasteiger partial charge in [0.05, 0.1) is 19.1 Å². The summed E-state index contributed by atoms with van der Waals surface area (Å²) in [5.41, 5.74) is 3.52. The fourth-order valence-corrected chi connectivity index (χ4v) is 4.72. The van der Waals surface area contributed by atoms with Gasteiger partial charge < -0.3 is 14.4 Å². The minimum atomic E-state index is 0.0891. The molecule has 1 amide bonds. The molecule has 5 heteroatoms. The summed E-state index contributed by atoms with van der Waals surface area (Å²) in [6, 6.07) is 6.02. The zero-order valence-corrected chi connectivity index (χ0v) is 17.0. The maximum atomic E-state index is 12.9. The van der Waals surface area contributed by atoms with Crippen molar-refractivity contribution in [2.45, 2.75) is 39.7 Å². The van der Waals surface area contributed by atoms with Gasteiger partial charge in [-0.25, -0.2) is 0 Å². The summed E-state index contributed by atoms with van der Waals surface area (Å²) in [4.78, 5) is 16.9. The molecule has 1 aliphatic carbocycles. The maximum absolute atomic E-state index is 12.9. The second kappa shape index (κ2) is 7.70. The summed E-state index contributed by atoms with van der Waals surface area (Å²) in [5, 5.41) is 0. The Morgan fingerprint density at radius 1 is 1.23 bits per heavy atom. The molecule has 1 atom stereocenters. The van der Waals surface area contributed by atoms with Gasteiger partial charge in [0.25, 0.3) is 5.91 Å². The molecule has 0 bridgehead atoms. The molecule has 0 unspecified atom stereocenters. The van der Waals surface area contributed by atoms with Crippen molar-refractivity contribution in [1.29, 1.82) is 0 Å². The number of fused-ring (bicyclic) bond motifs is 1. The van der Waals surface area contributed by atoms with Crippen LogP contribution in [0.25, 0.3) is 0 Å². The molecule has 1 aliphatic rings. The van der Waals surface area contributed by atoms with Crippen LogP contribution in [0.1, 0.15) is 44.6 Å². The van der Waals surface area contributed by atoms with Crippen molar-refractivity contribution in [2.24, 2.45) is 5.92 Å². The summed E-state index contributed by atoms with van der Waals surface area (Å²) in [6.45, 7) is 4.86. The summed E-state index contributed by atoms with van der Waals surface area (Å²) in [6.07, 6.45) is 3.42. The third-order valence-corrected chi connectivity index (χ3v) is 6.36. The fourth-order valence-electron chi connectivity index (χ4n) is 3.52. The van der Waals surface area contributed by atoms with Crippen LogP contribution in [0.2, 0.25) is 0 Å². The van der Waals surface area contributed by atoms with Crippen molar-refractivity contribution in [1.82, 2.24) is 4.90 Å². The molecule has 0 saturated carbocycles. The number of carbonyl (C=O) groups excluding carboxylic acids is 1.